The normalized spacial score (nSPS) is 17.1. The van der Waals surface area contributed by atoms with Crippen LogP contribution < -0.4 is 15.5 Å². The molecule has 188 valence electrons. The number of aromatic nitrogens is 1. The van der Waals surface area contributed by atoms with Crippen LogP contribution in [0.2, 0.25) is 5.02 Å². The molecule has 2 aromatic carbocycles. The number of anilines is 2. The van der Waals surface area contributed by atoms with Gasteiger partial charge >= 0.3 is 0 Å². The van der Waals surface area contributed by atoms with Crippen molar-refractivity contribution in [3.05, 3.63) is 101 Å². The van der Waals surface area contributed by atoms with Gasteiger partial charge in [0.05, 0.1) is 11.7 Å². The van der Waals surface area contributed by atoms with Gasteiger partial charge in [-0.3, -0.25) is 9.78 Å². The van der Waals surface area contributed by atoms with E-state index in [-0.39, 0.29) is 24.6 Å². The lowest BCUT2D eigenvalue weighted by Gasteiger charge is -2.26. The molecule has 2 unspecified atom stereocenters. The third-order valence-corrected chi connectivity index (χ3v) is 6.75. The number of amides is 1. The number of thiocarbonyl (C=S) groups is 1. The van der Waals surface area contributed by atoms with E-state index in [1.54, 1.807) is 6.20 Å². The van der Waals surface area contributed by atoms with Crippen molar-refractivity contribution in [1.29, 1.82) is 0 Å². The molecule has 2 aromatic heterocycles. The zero-order chi connectivity index (χ0) is 25.9. The van der Waals surface area contributed by atoms with E-state index in [4.69, 9.17) is 33.0 Å². The first-order valence-corrected chi connectivity index (χ1v) is 12.5. The summed E-state index contributed by atoms with van der Waals surface area (Å²) in [5.41, 5.74) is 4.25. The lowest BCUT2D eigenvalue weighted by atomic mass is 10.0. The van der Waals surface area contributed by atoms with Crippen LogP contribution in [0.5, 0.6) is 0 Å². The highest BCUT2D eigenvalue weighted by atomic mass is 35.5. The Bertz CT molecular complexity index is 1430. The first-order valence-electron chi connectivity index (χ1n) is 11.7. The largest absolute Gasteiger partial charge is 0.459 e. The summed E-state index contributed by atoms with van der Waals surface area (Å²) in [6.45, 7) is 1.93. The molecule has 0 bridgehead atoms. The maximum atomic E-state index is 12.0. The Morgan fingerprint density at radius 1 is 1.16 bits per heavy atom. The third-order valence-electron chi connectivity index (χ3n) is 6.18. The van der Waals surface area contributed by atoms with E-state index in [9.17, 15) is 4.79 Å². The molecule has 5 rings (SSSR count). The van der Waals surface area contributed by atoms with Gasteiger partial charge in [-0.15, -0.1) is 0 Å². The van der Waals surface area contributed by atoms with Gasteiger partial charge in [0.2, 0.25) is 5.91 Å². The van der Waals surface area contributed by atoms with Crippen LogP contribution in [0.1, 0.15) is 29.1 Å². The number of hydrogen-bond donors (Lipinski definition) is 2. The molecular formula is C28H25ClN4O3S. The second-order valence-corrected chi connectivity index (χ2v) is 9.51. The molecule has 2 N–H and O–H groups in total. The van der Waals surface area contributed by atoms with E-state index in [0.29, 0.717) is 15.8 Å². The molecule has 4 aromatic rings. The molecule has 1 aliphatic rings. The summed E-state index contributed by atoms with van der Waals surface area (Å²) in [7, 11) is 1.49. The van der Waals surface area contributed by atoms with Crippen LogP contribution in [-0.2, 0) is 9.53 Å². The number of benzene rings is 2. The molecule has 2 atom stereocenters. The van der Waals surface area contributed by atoms with Gasteiger partial charge < -0.3 is 24.7 Å². The number of pyridine rings is 1. The predicted molar refractivity (Wildman–Crippen MR) is 149 cm³/mol. The van der Waals surface area contributed by atoms with Crippen LogP contribution in [0.15, 0.2) is 83.4 Å². The molecule has 37 heavy (non-hydrogen) atoms. The quantitative estimate of drug-likeness (QED) is 0.280. The Balaban J connectivity index is 1.53. The smallest absolute Gasteiger partial charge is 0.250 e. The lowest BCUT2D eigenvalue weighted by molar-refractivity contribution is -0.119. The van der Waals surface area contributed by atoms with Crippen LogP contribution in [0.3, 0.4) is 0 Å². The predicted octanol–water partition coefficient (Wildman–Crippen LogP) is 6.07. The van der Waals surface area contributed by atoms with Crippen LogP contribution in [-0.4, -0.2) is 29.7 Å². The maximum Gasteiger partial charge on any atom is 0.250 e. The SMILES string of the molecule is COCC(=O)Nc1ccc(N2C(=S)NC(c3ccccn3)C2c2ccc(-c3ccc(Cl)cc3)o2)cc1C. The second kappa shape index (κ2) is 10.7. The van der Waals surface area contributed by atoms with Gasteiger partial charge in [0.1, 0.15) is 24.2 Å². The van der Waals surface area contributed by atoms with E-state index in [1.807, 2.05) is 84.6 Å². The molecule has 1 amide bonds. The number of aryl methyl sites for hydroxylation is 1. The molecule has 3 heterocycles. The topological polar surface area (TPSA) is 79.6 Å². The summed E-state index contributed by atoms with van der Waals surface area (Å²) < 4.78 is 11.3. The summed E-state index contributed by atoms with van der Waals surface area (Å²) in [5.74, 6) is 1.26. The number of nitrogens with zero attached hydrogens (tertiary/aromatic N) is 2. The van der Waals surface area contributed by atoms with Gasteiger partial charge in [-0.1, -0.05) is 17.7 Å². The van der Waals surface area contributed by atoms with E-state index < -0.39 is 0 Å². The summed E-state index contributed by atoms with van der Waals surface area (Å²) in [4.78, 5) is 18.7. The molecule has 0 radical (unpaired) electrons. The van der Waals surface area contributed by atoms with E-state index in [2.05, 4.69) is 15.6 Å². The standard InChI is InChI=1S/C28H25ClN4O3S/c1-17-15-20(10-11-21(17)31-25(34)16-35-2)33-27(26(32-28(33)37)22-5-3-4-14-30-22)24-13-12-23(36-24)18-6-8-19(29)9-7-18/h3-15,26-27H,16H2,1-2H3,(H,31,34)(H,32,37). The van der Waals surface area contributed by atoms with Gasteiger partial charge in [0.25, 0.3) is 0 Å². The first-order chi connectivity index (χ1) is 17.9. The van der Waals surface area contributed by atoms with Crippen molar-refractivity contribution in [2.24, 2.45) is 0 Å². The summed E-state index contributed by atoms with van der Waals surface area (Å²) in [6, 6.07) is 22.5. The Hall–Kier alpha value is -3.72. The van der Waals surface area contributed by atoms with Crippen molar-refractivity contribution >= 4 is 46.2 Å². The minimum absolute atomic E-state index is 0.0103. The molecular weight excluding hydrogens is 508 g/mol. The fourth-order valence-corrected chi connectivity index (χ4v) is 4.93. The van der Waals surface area contributed by atoms with Crippen molar-refractivity contribution in [2.45, 2.75) is 19.0 Å². The van der Waals surface area contributed by atoms with Gasteiger partial charge in [-0.25, -0.2) is 0 Å². The highest BCUT2D eigenvalue weighted by molar-refractivity contribution is 7.80. The van der Waals surface area contributed by atoms with Crippen LogP contribution in [0.4, 0.5) is 11.4 Å². The number of nitrogens with one attached hydrogen (secondary N) is 2. The van der Waals surface area contributed by atoms with Gasteiger partial charge in [-0.2, -0.15) is 0 Å². The van der Waals surface area contributed by atoms with Crippen molar-refractivity contribution in [2.75, 3.05) is 23.9 Å². The zero-order valence-electron chi connectivity index (χ0n) is 20.3. The number of rotatable bonds is 7. The van der Waals surface area contributed by atoms with Crippen molar-refractivity contribution in [1.82, 2.24) is 10.3 Å². The van der Waals surface area contributed by atoms with Crippen LogP contribution >= 0.6 is 23.8 Å². The van der Waals surface area contributed by atoms with Crippen molar-refractivity contribution < 1.29 is 13.9 Å². The molecule has 0 saturated carbocycles. The number of furan rings is 1. The first kappa shape index (κ1) is 25.0. The Labute approximate surface area is 225 Å². The lowest BCUT2D eigenvalue weighted by Crippen LogP contribution is -2.29. The maximum absolute atomic E-state index is 12.0. The highest BCUT2D eigenvalue weighted by Gasteiger charge is 2.42. The van der Waals surface area contributed by atoms with E-state index >= 15 is 0 Å². The average Bonchev–Trinajstić information content (AvgIpc) is 3.51. The molecule has 0 spiro atoms. The van der Waals surface area contributed by atoms with Gasteiger partial charge in [0.15, 0.2) is 5.11 Å². The Morgan fingerprint density at radius 2 is 1.97 bits per heavy atom. The van der Waals surface area contributed by atoms with Crippen LogP contribution in [0.25, 0.3) is 11.3 Å². The summed E-state index contributed by atoms with van der Waals surface area (Å²) in [5, 5.41) is 7.53. The second-order valence-electron chi connectivity index (χ2n) is 8.69. The number of hydrogen-bond acceptors (Lipinski definition) is 5. The minimum Gasteiger partial charge on any atom is -0.459 e. The molecule has 1 saturated heterocycles. The van der Waals surface area contributed by atoms with Gasteiger partial charge in [0, 0.05) is 35.3 Å². The molecule has 7 nitrogen and oxygen atoms in total. The third kappa shape index (κ3) is 5.22. The number of methoxy groups -OCH3 is 1. The van der Waals surface area contributed by atoms with Crippen LogP contribution in [0, 0.1) is 6.92 Å². The van der Waals surface area contributed by atoms with Crippen molar-refractivity contribution in [3.63, 3.8) is 0 Å². The zero-order valence-corrected chi connectivity index (χ0v) is 21.8. The molecule has 0 aliphatic carbocycles. The van der Waals surface area contributed by atoms with E-state index in [1.165, 1.54) is 7.11 Å². The average molecular weight is 533 g/mol. The van der Waals surface area contributed by atoms with Crippen molar-refractivity contribution in [3.8, 4) is 11.3 Å². The van der Waals surface area contributed by atoms with E-state index in [0.717, 1.165) is 34.0 Å². The highest BCUT2D eigenvalue weighted by Crippen LogP contribution is 2.43. The number of ether oxygens (including phenoxy) is 1. The van der Waals surface area contributed by atoms with Gasteiger partial charge in [-0.05, 0) is 91.4 Å². The fraction of sp³-hybridized carbons (Fsp3) is 0.179. The molecule has 9 heteroatoms. The fourth-order valence-electron chi connectivity index (χ4n) is 4.46. The molecule has 1 aliphatic heterocycles. The summed E-state index contributed by atoms with van der Waals surface area (Å²) in [6.07, 6.45) is 1.77. The summed E-state index contributed by atoms with van der Waals surface area (Å²) >= 11 is 11.9. The monoisotopic (exact) mass is 532 g/mol. The minimum atomic E-state index is -0.295. The number of carbonyl (C=O) groups excluding carboxylic acids is 1. The number of halogens is 1. The molecule has 1 fully saturated rings. The number of carbonyl (C=O) groups is 1. The Kier molecular flexibility index (Phi) is 7.23. The Morgan fingerprint density at radius 3 is 2.68 bits per heavy atom.